The van der Waals surface area contributed by atoms with Gasteiger partial charge in [0, 0.05) is 18.1 Å². The van der Waals surface area contributed by atoms with Crippen molar-refractivity contribution in [3.63, 3.8) is 0 Å². The van der Waals surface area contributed by atoms with E-state index in [1.807, 2.05) is 36.5 Å². The smallest absolute Gasteiger partial charge is 0.133 e. The lowest BCUT2D eigenvalue weighted by Crippen LogP contribution is -2.06. The summed E-state index contributed by atoms with van der Waals surface area (Å²) in [5.74, 6) is 1.84. The van der Waals surface area contributed by atoms with Gasteiger partial charge in [-0.05, 0) is 35.6 Å². The van der Waals surface area contributed by atoms with Gasteiger partial charge in [0.1, 0.15) is 11.6 Å². The van der Waals surface area contributed by atoms with Crippen LogP contribution in [0.2, 0.25) is 0 Å². The topological polar surface area (TPSA) is 34.1 Å². The SMILES string of the molecule is COc1cccc(CCNc2nccc3ccccc23)c1. The first kappa shape index (κ1) is 13.4. The fourth-order valence-electron chi connectivity index (χ4n) is 2.41. The van der Waals surface area contributed by atoms with Gasteiger partial charge in [-0.25, -0.2) is 4.98 Å². The molecule has 0 unspecified atom stereocenters. The molecule has 0 atom stereocenters. The van der Waals surface area contributed by atoms with Crippen LogP contribution in [0.3, 0.4) is 0 Å². The van der Waals surface area contributed by atoms with E-state index < -0.39 is 0 Å². The molecule has 0 bridgehead atoms. The van der Waals surface area contributed by atoms with Crippen LogP contribution >= 0.6 is 0 Å². The number of rotatable bonds is 5. The summed E-state index contributed by atoms with van der Waals surface area (Å²) in [7, 11) is 1.69. The van der Waals surface area contributed by atoms with Crippen LogP contribution in [0.15, 0.2) is 60.8 Å². The summed E-state index contributed by atoms with van der Waals surface area (Å²) < 4.78 is 5.24. The summed E-state index contributed by atoms with van der Waals surface area (Å²) in [5, 5.41) is 5.78. The van der Waals surface area contributed by atoms with E-state index in [0.717, 1.165) is 29.9 Å². The predicted octanol–water partition coefficient (Wildman–Crippen LogP) is 3.90. The van der Waals surface area contributed by atoms with Crippen molar-refractivity contribution in [2.45, 2.75) is 6.42 Å². The Morgan fingerprint density at radius 2 is 1.95 bits per heavy atom. The van der Waals surface area contributed by atoms with Crippen LogP contribution in [0.1, 0.15) is 5.56 Å². The molecule has 1 heterocycles. The first-order valence-corrected chi connectivity index (χ1v) is 7.07. The van der Waals surface area contributed by atoms with E-state index in [4.69, 9.17) is 4.74 Å². The van der Waals surface area contributed by atoms with Gasteiger partial charge in [-0.3, -0.25) is 0 Å². The average Bonchev–Trinajstić information content (AvgIpc) is 2.55. The number of ether oxygens (including phenoxy) is 1. The van der Waals surface area contributed by atoms with E-state index >= 15 is 0 Å². The van der Waals surface area contributed by atoms with Gasteiger partial charge in [0.25, 0.3) is 0 Å². The maximum absolute atomic E-state index is 5.24. The maximum atomic E-state index is 5.24. The van der Waals surface area contributed by atoms with Crippen LogP contribution < -0.4 is 10.1 Å². The Bertz CT molecular complexity index is 735. The second-order valence-corrected chi connectivity index (χ2v) is 4.91. The molecule has 0 spiro atoms. The van der Waals surface area contributed by atoms with Crippen LogP contribution in [0.4, 0.5) is 5.82 Å². The molecule has 3 aromatic rings. The molecule has 0 fully saturated rings. The van der Waals surface area contributed by atoms with Gasteiger partial charge in [-0.1, -0.05) is 36.4 Å². The first-order chi connectivity index (χ1) is 10.4. The zero-order valence-corrected chi connectivity index (χ0v) is 12.0. The molecule has 21 heavy (non-hydrogen) atoms. The number of benzene rings is 2. The summed E-state index contributed by atoms with van der Waals surface area (Å²) >= 11 is 0. The van der Waals surface area contributed by atoms with Gasteiger partial charge in [-0.15, -0.1) is 0 Å². The second kappa shape index (κ2) is 6.27. The van der Waals surface area contributed by atoms with E-state index in [1.54, 1.807) is 7.11 Å². The van der Waals surface area contributed by atoms with Crippen molar-refractivity contribution in [1.82, 2.24) is 4.98 Å². The standard InChI is InChI=1S/C18H18N2O/c1-21-16-7-4-5-14(13-16)9-11-19-18-17-8-3-2-6-15(17)10-12-20-18/h2-8,10,12-13H,9,11H2,1H3,(H,19,20). The highest BCUT2D eigenvalue weighted by Crippen LogP contribution is 2.20. The fourth-order valence-corrected chi connectivity index (χ4v) is 2.41. The van der Waals surface area contributed by atoms with Crippen molar-refractivity contribution < 1.29 is 4.74 Å². The van der Waals surface area contributed by atoms with Gasteiger partial charge < -0.3 is 10.1 Å². The third-order valence-electron chi connectivity index (χ3n) is 3.51. The minimum atomic E-state index is 0.841. The molecule has 0 aliphatic carbocycles. The lowest BCUT2D eigenvalue weighted by molar-refractivity contribution is 0.414. The van der Waals surface area contributed by atoms with Crippen molar-refractivity contribution in [3.05, 3.63) is 66.4 Å². The molecule has 3 heteroatoms. The van der Waals surface area contributed by atoms with Crippen molar-refractivity contribution in [3.8, 4) is 5.75 Å². The van der Waals surface area contributed by atoms with Crippen LogP contribution in [0.25, 0.3) is 10.8 Å². The minimum Gasteiger partial charge on any atom is -0.497 e. The molecule has 1 aromatic heterocycles. The molecular weight excluding hydrogens is 260 g/mol. The zero-order chi connectivity index (χ0) is 14.5. The van der Waals surface area contributed by atoms with E-state index in [9.17, 15) is 0 Å². The van der Waals surface area contributed by atoms with E-state index in [1.165, 1.54) is 10.9 Å². The largest absolute Gasteiger partial charge is 0.497 e. The highest BCUT2D eigenvalue weighted by Gasteiger charge is 2.01. The zero-order valence-electron chi connectivity index (χ0n) is 12.0. The molecule has 106 valence electrons. The molecule has 0 amide bonds. The Hall–Kier alpha value is -2.55. The summed E-state index contributed by atoms with van der Waals surface area (Å²) in [6.45, 7) is 0.841. The number of nitrogens with one attached hydrogen (secondary N) is 1. The molecule has 0 saturated heterocycles. The van der Waals surface area contributed by atoms with Gasteiger partial charge in [0.2, 0.25) is 0 Å². The fraction of sp³-hybridized carbons (Fsp3) is 0.167. The molecule has 0 saturated carbocycles. The second-order valence-electron chi connectivity index (χ2n) is 4.91. The van der Waals surface area contributed by atoms with Gasteiger partial charge in [0.15, 0.2) is 0 Å². The van der Waals surface area contributed by atoms with Crippen molar-refractivity contribution in [2.75, 3.05) is 19.0 Å². The van der Waals surface area contributed by atoms with Crippen LogP contribution in [0.5, 0.6) is 5.75 Å². The number of fused-ring (bicyclic) bond motifs is 1. The first-order valence-electron chi connectivity index (χ1n) is 7.07. The van der Waals surface area contributed by atoms with Crippen LogP contribution in [-0.2, 0) is 6.42 Å². The Morgan fingerprint density at radius 1 is 1.05 bits per heavy atom. The normalized spacial score (nSPS) is 10.5. The number of nitrogens with zero attached hydrogens (tertiary/aromatic N) is 1. The molecule has 2 aromatic carbocycles. The Morgan fingerprint density at radius 3 is 2.86 bits per heavy atom. The number of hydrogen-bond donors (Lipinski definition) is 1. The van der Waals surface area contributed by atoms with E-state index in [2.05, 4.69) is 34.6 Å². The Balaban J connectivity index is 1.69. The predicted molar refractivity (Wildman–Crippen MR) is 86.9 cm³/mol. The monoisotopic (exact) mass is 278 g/mol. The molecule has 3 nitrogen and oxygen atoms in total. The maximum Gasteiger partial charge on any atom is 0.133 e. The minimum absolute atomic E-state index is 0.841. The molecule has 0 aliphatic heterocycles. The van der Waals surface area contributed by atoms with Crippen LogP contribution in [0, 0.1) is 0 Å². The van der Waals surface area contributed by atoms with Crippen molar-refractivity contribution >= 4 is 16.6 Å². The van der Waals surface area contributed by atoms with Crippen molar-refractivity contribution in [2.24, 2.45) is 0 Å². The Labute approximate surface area is 124 Å². The van der Waals surface area contributed by atoms with Crippen LogP contribution in [-0.4, -0.2) is 18.6 Å². The molecule has 0 radical (unpaired) electrons. The van der Waals surface area contributed by atoms with Gasteiger partial charge in [-0.2, -0.15) is 0 Å². The molecule has 1 N–H and O–H groups in total. The molecule has 3 rings (SSSR count). The lowest BCUT2D eigenvalue weighted by Gasteiger charge is -2.09. The molecular formula is C18H18N2O. The summed E-state index contributed by atoms with van der Waals surface area (Å²) in [6.07, 6.45) is 2.78. The number of pyridine rings is 1. The quantitative estimate of drug-likeness (QED) is 0.768. The third-order valence-corrected chi connectivity index (χ3v) is 3.51. The number of hydrogen-bond acceptors (Lipinski definition) is 3. The summed E-state index contributed by atoms with van der Waals surface area (Å²) in [6, 6.07) is 18.5. The number of anilines is 1. The Kier molecular flexibility index (Phi) is 4.01. The highest BCUT2D eigenvalue weighted by molar-refractivity contribution is 5.91. The van der Waals surface area contributed by atoms with Gasteiger partial charge >= 0.3 is 0 Å². The molecule has 0 aliphatic rings. The number of methoxy groups -OCH3 is 1. The summed E-state index contributed by atoms with van der Waals surface area (Å²) in [5.41, 5.74) is 1.25. The van der Waals surface area contributed by atoms with E-state index in [-0.39, 0.29) is 0 Å². The average molecular weight is 278 g/mol. The third kappa shape index (κ3) is 3.14. The van der Waals surface area contributed by atoms with E-state index in [0.29, 0.717) is 0 Å². The highest BCUT2D eigenvalue weighted by atomic mass is 16.5. The van der Waals surface area contributed by atoms with Crippen molar-refractivity contribution in [1.29, 1.82) is 0 Å². The lowest BCUT2D eigenvalue weighted by atomic mass is 10.1. The summed E-state index contributed by atoms with van der Waals surface area (Å²) in [4.78, 5) is 4.44. The van der Waals surface area contributed by atoms with Gasteiger partial charge in [0.05, 0.1) is 7.11 Å². The number of aromatic nitrogens is 1.